The monoisotopic (exact) mass is 271 g/mol. The van der Waals surface area contributed by atoms with Gasteiger partial charge in [-0.3, -0.25) is 0 Å². The predicted octanol–water partition coefficient (Wildman–Crippen LogP) is 1.29. The van der Waals surface area contributed by atoms with Crippen LogP contribution in [0, 0.1) is 11.3 Å². The van der Waals surface area contributed by atoms with Crippen LogP contribution in [0.1, 0.15) is 40.0 Å². The van der Waals surface area contributed by atoms with E-state index in [1.807, 2.05) is 20.8 Å². The molecule has 1 spiro atoms. The number of nitrogens with one attached hydrogen (secondary N) is 1. The van der Waals surface area contributed by atoms with Crippen LogP contribution in [-0.4, -0.2) is 41.1 Å². The topological polar surface area (TPSA) is 87.8 Å². The molecule has 0 aromatic heterocycles. The average molecular weight is 271 g/mol. The lowest BCUT2D eigenvalue weighted by Crippen LogP contribution is -2.64. The summed E-state index contributed by atoms with van der Waals surface area (Å²) >= 11 is 0. The molecule has 0 aromatic carbocycles. The van der Waals surface area contributed by atoms with Gasteiger partial charge in [0, 0.05) is 18.5 Å². The lowest BCUT2D eigenvalue weighted by atomic mass is 9.57. The first-order valence-corrected chi connectivity index (χ1v) is 6.86. The molecule has 1 aliphatic carbocycles. The zero-order valence-corrected chi connectivity index (χ0v) is 12.0. The molecule has 6 heteroatoms. The second kappa shape index (κ2) is 4.92. The van der Waals surface area contributed by atoms with E-state index in [-0.39, 0.29) is 17.7 Å². The van der Waals surface area contributed by atoms with Gasteiger partial charge in [-0.05, 0) is 46.0 Å². The Morgan fingerprint density at radius 2 is 2.11 bits per heavy atom. The quantitative estimate of drug-likeness (QED) is 0.532. The maximum absolute atomic E-state index is 11.8. The van der Waals surface area contributed by atoms with Gasteiger partial charge in [-0.15, -0.1) is 0 Å². The minimum absolute atomic E-state index is 0.213. The molecule has 2 rings (SSSR count). The molecule has 0 bridgehead atoms. The Morgan fingerprint density at radius 3 is 2.58 bits per heavy atom. The molecule has 110 valence electrons. The van der Waals surface area contributed by atoms with Gasteiger partial charge in [0.1, 0.15) is 5.60 Å². The zero-order valence-electron chi connectivity index (χ0n) is 12.0. The van der Waals surface area contributed by atoms with Crippen molar-refractivity contribution in [3.63, 3.8) is 0 Å². The van der Waals surface area contributed by atoms with E-state index in [1.54, 1.807) is 4.90 Å². The Morgan fingerprint density at radius 1 is 1.53 bits per heavy atom. The van der Waals surface area contributed by atoms with Gasteiger partial charge in [-0.25, -0.2) is 4.79 Å². The summed E-state index contributed by atoms with van der Waals surface area (Å²) in [6.45, 7) is 7.22. The Hall–Kier alpha value is -0.850. The number of hydroxylamine groups is 1. The molecular weight excluding hydrogens is 246 g/mol. The fourth-order valence-electron chi connectivity index (χ4n) is 3.22. The lowest BCUT2D eigenvalue weighted by Gasteiger charge is -2.59. The van der Waals surface area contributed by atoms with Gasteiger partial charge in [0.05, 0.1) is 6.17 Å². The molecule has 4 N–H and O–H groups in total. The van der Waals surface area contributed by atoms with E-state index in [2.05, 4.69) is 5.48 Å². The molecule has 1 heterocycles. The predicted molar refractivity (Wildman–Crippen MR) is 70.5 cm³/mol. The number of carbonyl (C=O) groups excluding carboxylic acids is 1. The van der Waals surface area contributed by atoms with Crippen molar-refractivity contribution in [3.05, 3.63) is 0 Å². The standard InChI is InChI=1S/C13H25N3O3/c1-12(2,3)19-11(17)16-7-13(8-16)5-9(6-13)4-10(14)15-18/h9-10,15,18H,4-8,14H2,1-3H3. The second-order valence-corrected chi connectivity index (χ2v) is 7.08. The number of likely N-dealkylation sites (tertiary alicyclic amines) is 1. The number of hydrogen-bond donors (Lipinski definition) is 3. The molecule has 2 fully saturated rings. The minimum atomic E-state index is -0.429. The third kappa shape index (κ3) is 3.38. The van der Waals surface area contributed by atoms with Gasteiger partial charge in [-0.2, -0.15) is 5.48 Å². The molecule has 1 saturated heterocycles. The van der Waals surface area contributed by atoms with Crippen LogP contribution in [0.25, 0.3) is 0 Å². The van der Waals surface area contributed by atoms with Crippen LogP contribution in [0.4, 0.5) is 4.79 Å². The number of rotatable bonds is 3. The fraction of sp³-hybridized carbons (Fsp3) is 0.923. The smallest absolute Gasteiger partial charge is 0.410 e. The molecule has 0 radical (unpaired) electrons. The Kier molecular flexibility index (Phi) is 3.77. The van der Waals surface area contributed by atoms with Gasteiger partial charge in [-0.1, -0.05) is 0 Å². The zero-order chi connectivity index (χ0) is 14.3. The van der Waals surface area contributed by atoms with E-state index < -0.39 is 5.60 Å². The molecule has 1 aliphatic heterocycles. The van der Waals surface area contributed by atoms with Crippen molar-refractivity contribution in [2.75, 3.05) is 13.1 Å². The molecule has 1 amide bonds. The maximum Gasteiger partial charge on any atom is 0.410 e. The lowest BCUT2D eigenvalue weighted by molar-refractivity contribution is -0.0999. The van der Waals surface area contributed by atoms with Crippen LogP contribution in [-0.2, 0) is 4.74 Å². The van der Waals surface area contributed by atoms with E-state index in [1.165, 1.54) is 0 Å². The molecule has 6 nitrogen and oxygen atoms in total. The van der Waals surface area contributed by atoms with E-state index in [0.29, 0.717) is 5.92 Å². The van der Waals surface area contributed by atoms with Crippen LogP contribution in [0.15, 0.2) is 0 Å². The first kappa shape index (κ1) is 14.6. The van der Waals surface area contributed by atoms with Crippen molar-refractivity contribution in [1.29, 1.82) is 0 Å². The Labute approximate surface area is 114 Å². The van der Waals surface area contributed by atoms with E-state index >= 15 is 0 Å². The van der Waals surface area contributed by atoms with Gasteiger partial charge < -0.3 is 20.6 Å². The summed E-state index contributed by atoms with van der Waals surface area (Å²) in [7, 11) is 0. The summed E-state index contributed by atoms with van der Waals surface area (Å²) < 4.78 is 5.34. The Bertz CT molecular complexity index is 340. The SMILES string of the molecule is CC(C)(C)OC(=O)N1CC2(CC(CC(N)NO)C2)C1. The van der Waals surface area contributed by atoms with E-state index in [9.17, 15) is 4.79 Å². The van der Waals surface area contributed by atoms with Crippen molar-refractivity contribution >= 4 is 6.09 Å². The molecular formula is C13H25N3O3. The molecule has 1 atom stereocenters. The third-order valence-electron chi connectivity index (χ3n) is 3.90. The first-order valence-electron chi connectivity index (χ1n) is 6.86. The van der Waals surface area contributed by atoms with Crippen LogP contribution < -0.4 is 11.2 Å². The summed E-state index contributed by atoms with van der Waals surface area (Å²) in [6, 6.07) is 0. The molecule has 19 heavy (non-hydrogen) atoms. The number of hydrogen-bond acceptors (Lipinski definition) is 5. The second-order valence-electron chi connectivity index (χ2n) is 7.08. The van der Waals surface area contributed by atoms with Crippen LogP contribution in [0.3, 0.4) is 0 Å². The van der Waals surface area contributed by atoms with Crippen LogP contribution in [0.2, 0.25) is 0 Å². The summed E-state index contributed by atoms with van der Waals surface area (Å²) in [5, 5.41) is 8.68. The largest absolute Gasteiger partial charge is 0.444 e. The fourth-order valence-corrected chi connectivity index (χ4v) is 3.22. The van der Waals surface area contributed by atoms with Gasteiger partial charge in [0.15, 0.2) is 0 Å². The summed E-state index contributed by atoms with van der Waals surface area (Å²) in [5.41, 5.74) is 7.56. The van der Waals surface area contributed by atoms with Crippen molar-refractivity contribution in [3.8, 4) is 0 Å². The number of amides is 1. The van der Waals surface area contributed by atoms with E-state index in [4.69, 9.17) is 15.7 Å². The van der Waals surface area contributed by atoms with Crippen LogP contribution >= 0.6 is 0 Å². The molecule has 1 saturated carbocycles. The average Bonchev–Trinajstić information content (AvgIpc) is 2.16. The summed E-state index contributed by atoms with van der Waals surface area (Å²) in [4.78, 5) is 13.6. The van der Waals surface area contributed by atoms with Crippen molar-refractivity contribution in [1.82, 2.24) is 10.4 Å². The molecule has 1 unspecified atom stereocenters. The first-order chi connectivity index (χ1) is 8.73. The third-order valence-corrected chi connectivity index (χ3v) is 3.90. The van der Waals surface area contributed by atoms with Gasteiger partial charge in [0.25, 0.3) is 0 Å². The highest BCUT2D eigenvalue weighted by molar-refractivity contribution is 5.69. The summed E-state index contributed by atoms with van der Waals surface area (Å²) in [6.07, 6.45) is 2.40. The minimum Gasteiger partial charge on any atom is -0.444 e. The highest BCUT2D eigenvalue weighted by Crippen LogP contribution is 2.53. The number of nitrogens with zero attached hydrogens (tertiary/aromatic N) is 1. The molecule has 2 aliphatic rings. The maximum atomic E-state index is 11.8. The Balaban J connectivity index is 1.69. The number of nitrogens with two attached hydrogens (primary N) is 1. The number of ether oxygens (including phenoxy) is 1. The van der Waals surface area contributed by atoms with Crippen molar-refractivity contribution < 1.29 is 14.7 Å². The highest BCUT2D eigenvalue weighted by Gasteiger charge is 2.54. The molecule has 0 aromatic rings. The summed E-state index contributed by atoms with van der Waals surface area (Å²) in [5.74, 6) is 0.551. The van der Waals surface area contributed by atoms with Crippen molar-refractivity contribution in [2.45, 2.75) is 51.8 Å². The number of carbonyl (C=O) groups is 1. The van der Waals surface area contributed by atoms with Crippen LogP contribution in [0.5, 0.6) is 0 Å². The normalized spacial score (nSPS) is 23.7. The van der Waals surface area contributed by atoms with Gasteiger partial charge in [0.2, 0.25) is 0 Å². The van der Waals surface area contributed by atoms with Crippen molar-refractivity contribution in [2.24, 2.45) is 17.1 Å². The van der Waals surface area contributed by atoms with E-state index in [0.717, 1.165) is 32.4 Å². The van der Waals surface area contributed by atoms with Gasteiger partial charge >= 0.3 is 6.09 Å². The highest BCUT2D eigenvalue weighted by atomic mass is 16.6.